The van der Waals surface area contributed by atoms with Gasteiger partial charge in [0, 0.05) is 31.0 Å². The summed E-state index contributed by atoms with van der Waals surface area (Å²) in [7, 11) is -3.46. The first-order valence-electron chi connectivity index (χ1n) is 7.18. The van der Waals surface area contributed by atoms with Gasteiger partial charge in [-0.1, -0.05) is 24.3 Å². The third kappa shape index (κ3) is 5.46. The van der Waals surface area contributed by atoms with E-state index in [1.807, 2.05) is 19.1 Å². The van der Waals surface area contributed by atoms with E-state index in [0.29, 0.717) is 5.56 Å². The zero-order valence-corrected chi connectivity index (χ0v) is 13.6. The predicted octanol–water partition coefficient (Wildman–Crippen LogP) is 1.24. The van der Waals surface area contributed by atoms with Gasteiger partial charge in [-0.25, -0.2) is 13.1 Å². The van der Waals surface area contributed by atoms with Gasteiger partial charge < -0.3 is 5.32 Å². The third-order valence-corrected chi connectivity index (χ3v) is 4.59. The molecule has 2 aromatic rings. The number of nitrogens with one attached hydrogen (secondary N) is 2. The zero-order chi connectivity index (χ0) is 16.7. The molecule has 2 N–H and O–H groups in total. The molecule has 1 amide bonds. The average molecular weight is 333 g/mol. The highest BCUT2D eigenvalue weighted by Gasteiger charge is 2.12. The van der Waals surface area contributed by atoms with Crippen molar-refractivity contribution >= 4 is 15.9 Å². The van der Waals surface area contributed by atoms with Crippen LogP contribution in [-0.2, 0) is 16.6 Å². The molecule has 0 spiro atoms. The first-order valence-corrected chi connectivity index (χ1v) is 8.83. The largest absolute Gasteiger partial charge is 0.351 e. The van der Waals surface area contributed by atoms with Gasteiger partial charge in [-0.15, -0.1) is 0 Å². The summed E-state index contributed by atoms with van der Waals surface area (Å²) in [6, 6.07) is 10.7. The van der Waals surface area contributed by atoms with Crippen LogP contribution < -0.4 is 10.0 Å². The summed E-state index contributed by atoms with van der Waals surface area (Å²) in [6.07, 6.45) is 3.22. The number of hydrogen-bond acceptors (Lipinski definition) is 4. The van der Waals surface area contributed by atoms with Crippen LogP contribution in [0.15, 0.2) is 48.8 Å². The second-order valence-electron chi connectivity index (χ2n) is 5.07. The normalized spacial score (nSPS) is 11.2. The van der Waals surface area contributed by atoms with Crippen molar-refractivity contribution in [2.24, 2.45) is 0 Å². The van der Waals surface area contributed by atoms with Crippen molar-refractivity contribution < 1.29 is 13.2 Å². The summed E-state index contributed by atoms with van der Waals surface area (Å²) < 4.78 is 26.3. The van der Waals surface area contributed by atoms with E-state index < -0.39 is 10.0 Å². The smallest absolute Gasteiger partial charge is 0.251 e. The molecule has 23 heavy (non-hydrogen) atoms. The number of carbonyl (C=O) groups excluding carboxylic acids is 1. The Kier molecular flexibility index (Phi) is 5.84. The van der Waals surface area contributed by atoms with Crippen LogP contribution in [0.2, 0.25) is 0 Å². The van der Waals surface area contributed by atoms with Gasteiger partial charge >= 0.3 is 0 Å². The quantitative estimate of drug-likeness (QED) is 0.798. The molecule has 0 radical (unpaired) electrons. The molecule has 0 fully saturated rings. The number of amides is 1. The van der Waals surface area contributed by atoms with Gasteiger partial charge in [-0.2, -0.15) is 0 Å². The minimum absolute atomic E-state index is 0.0511. The fourth-order valence-corrected chi connectivity index (χ4v) is 2.89. The van der Waals surface area contributed by atoms with Gasteiger partial charge in [-0.05, 0) is 30.2 Å². The fourth-order valence-electron chi connectivity index (χ4n) is 1.99. The summed E-state index contributed by atoms with van der Waals surface area (Å²) >= 11 is 0. The molecule has 1 aromatic heterocycles. The number of benzene rings is 1. The van der Waals surface area contributed by atoms with Crippen LogP contribution in [0.25, 0.3) is 0 Å². The summed E-state index contributed by atoms with van der Waals surface area (Å²) in [6.45, 7) is 2.07. The molecule has 0 bridgehead atoms. The lowest BCUT2D eigenvalue weighted by Crippen LogP contribution is -2.34. The molecule has 1 aromatic carbocycles. The first-order chi connectivity index (χ1) is 11.0. The molecule has 0 saturated carbocycles. The van der Waals surface area contributed by atoms with Gasteiger partial charge in [0.05, 0.1) is 5.75 Å². The number of nitrogens with zero attached hydrogens (tertiary/aromatic N) is 1. The highest BCUT2D eigenvalue weighted by atomic mass is 32.2. The highest BCUT2D eigenvalue weighted by Crippen LogP contribution is 2.06. The van der Waals surface area contributed by atoms with Crippen molar-refractivity contribution in [2.75, 3.05) is 12.3 Å². The first kappa shape index (κ1) is 17.1. The topological polar surface area (TPSA) is 88.2 Å². The highest BCUT2D eigenvalue weighted by molar-refractivity contribution is 7.89. The summed E-state index contributed by atoms with van der Waals surface area (Å²) in [4.78, 5) is 15.9. The van der Waals surface area contributed by atoms with Gasteiger partial charge in [0.25, 0.3) is 5.91 Å². The minimum atomic E-state index is -3.46. The maximum Gasteiger partial charge on any atom is 0.251 e. The molecule has 0 unspecified atom stereocenters. The predicted molar refractivity (Wildman–Crippen MR) is 88.4 cm³/mol. The SMILES string of the molecule is Cc1ccccc1C(=O)NCCS(=O)(=O)NCc1cccnc1. The van der Waals surface area contributed by atoms with Crippen LogP contribution in [0.3, 0.4) is 0 Å². The minimum Gasteiger partial charge on any atom is -0.351 e. The Morgan fingerprint density at radius 1 is 1.17 bits per heavy atom. The molecular formula is C16H19N3O3S. The van der Waals surface area contributed by atoms with E-state index in [2.05, 4.69) is 15.0 Å². The van der Waals surface area contributed by atoms with Crippen molar-refractivity contribution in [2.45, 2.75) is 13.5 Å². The Morgan fingerprint density at radius 2 is 1.96 bits per heavy atom. The van der Waals surface area contributed by atoms with Crippen LogP contribution in [0, 0.1) is 6.92 Å². The molecule has 6 nitrogen and oxygen atoms in total. The maximum absolute atomic E-state index is 12.0. The van der Waals surface area contributed by atoms with Gasteiger partial charge in [0.1, 0.15) is 0 Å². The van der Waals surface area contributed by atoms with Crippen LogP contribution in [0.1, 0.15) is 21.5 Å². The average Bonchev–Trinajstić information content (AvgIpc) is 2.54. The lowest BCUT2D eigenvalue weighted by Gasteiger charge is -2.09. The molecule has 0 aliphatic heterocycles. The Bertz CT molecular complexity index is 761. The van der Waals surface area contributed by atoms with Crippen molar-refractivity contribution in [3.8, 4) is 0 Å². The summed E-state index contributed by atoms with van der Waals surface area (Å²) in [5.41, 5.74) is 2.18. The fraction of sp³-hybridized carbons (Fsp3) is 0.250. The molecule has 0 aliphatic carbocycles. The standard InChI is InChI=1S/C16H19N3O3S/c1-13-5-2-3-7-15(13)16(20)18-9-10-23(21,22)19-12-14-6-4-8-17-11-14/h2-8,11,19H,9-10,12H2,1H3,(H,18,20). The summed E-state index contributed by atoms with van der Waals surface area (Å²) in [5, 5.41) is 2.62. The van der Waals surface area contributed by atoms with Crippen LogP contribution in [0.4, 0.5) is 0 Å². The zero-order valence-electron chi connectivity index (χ0n) is 12.8. The Labute approximate surface area is 136 Å². The van der Waals surface area contributed by atoms with Crippen LogP contribution in [-0.4, -0.2) is 31.6 Å². The van der Waals surface area contributed by atoms with Crippen molar-refractivity contribution in [3.05, 3.63) is 65.5 Å². The van der Waals surface area contributed by atoms with E-state index >= 15 is 0 Å². The van der Waals surface area contributed by atoms with Gasteiger partial charge in [0.2, 0.25) is 10.0 Å². The molecular weight excluding hydrogens is 314 g/mol. The third-order valence-electron chi connectivity index (χ3n) is 3.27. The number of hydrogen-bond donors (Lipinski definition) is 2. The lowest BCUT2D eigenvalue weighted by molar-refractivity contribution is 0.0955. The van der Waals surface area contributed by atoms with E-state index in [9.17, 15) is 13.2 Å². The van der Waals surface area contributed by atoms with Crippen LogP contribution in [0.5, 0.6) is 0 Å². The number of sulfonamides is 1. The number of rotatable bonds is 7. The molecule has 2 rings (SSSR count). The Balaban J connectivity index is 1.81. The number of carbonyl (C=O) groups is 1. The molecule has 7 heteroatoms. The van der Waals surface area contributed by atoms with Gasteiger partial charge in [0.15, 0.2) is 0 Å². The second-order valence-corrected chi connectivity index (χ2v) is 7.00. The molecule has 1 heterocycles. The molecule has 0 atom stereocenters. The molecule has 0 aliphatic rings. The van der Waals surface area contributed by atoms with E-state index in [-0.39, 0.29) is 24.7 Å². The number of aromatic nitrogens is 1. The van der Waals surface area contributed by atoms with E-state index in [0.717, 1.165) is 11.1 Å². The van der Waals surface area contributed by atoms with E-state index in [4.69, 9.17) is 0 Å². The number of aryl methyl sites for hydroxylation is 1. The molecule has 0 saturated heterocycles. The van der Waals surface area contributed by atoms with Crippen molar-refractivity contribution in [1.29, 1.82) is 0 Å². The Hall–Kier alpha value is -2.25. The van der Waals surface area contributed by atoms with Crippen molar-refractivity contribution in [1.82, 2.24) is 15.0 Å². The lowest BCUT2D eigenvalue weighted by atomic mass is 10.1. The van der Waals surface area contributed by atoms with Crippen molar-refractivity contribution in [3.63, 3.8) is 0 Å². The number of pyridine rings is 1. The summed E-state index contributed by atoms with van der Waals surface area (Å²) in [5.74, 6) is -0.448. The monoisotopic (exact) mass is 333 g/mol. The Morgan fingerprint density at radius 3 is 2.65 bits per heavy atom. The molecule has 122 valence electrons. The second kappa shape index (κ2) is 7.85. The van der Waals surface area contributed by atoms with Gasteiger partial charge in [-0.3, -0.25) is 9.78 Å². The van der Waals surface area contributed by atoms with Crippen LogP contribution >= 0.6 is 0 Å². The van der Waals surface area contributed by atoms with E-state index in [1.54, 1.807) is 36.7 Å². The maximum atomic E-state index is 12.0. The van der Waals surface area contributed by atoms with E-state index in [1.165, 1.54) is 0 Å².